The average Bonchev–Trinajstić information content (AvgIpc) is 3.07. The third-order valence-electron chi connectivity index (χ3n) is 3.68. The van der Waals surface area contributed by atoms with Gasteiger partial charge in [-0.3, -0.25) is 19.8 Å². The van der Waals surface area contributed by atoms with Crippen LogP contribution in [-0.2, 0) is 11.3 Å². The number of carbonyl (C=O) groups excluding carboxylic acids is 1. The van der Waals surface area contributed by atoms with Crippen LogP contribution in [0.3, 0.4) is 0 Å². The van der Waals surface area contributed by atoms with Gasteiger partial charge in [0, 0.05) is 6.07 Å². The zero-order chi connectivity index (χ0) is 17.7. The summed E-state index contributed by atoms with van der Waals surface area (Å²) in [6.45, 7) is 2.25. The minimum absolute atomic E-state index is 0.104. The molecule has 24 heavy (non-hydrogen) atoms. The van der Waals surface area contributed by atoms with E-state index < -0.39 is 11.0 Å². The Bertz CT molecular complexity index is 715. The predicted molar refractivity (Wildman–Crippen MR) is 87.9 cm³/mol. The number of methoxy groups -OCH3 is 1. The molecule has 0 unspecified atom stereocenters. The molecule has 0 aliphatic carbocycles. The number of nitro benzene ring substituents is 1. The molecule has 2 aromatic rings. The number of non-ortho nitro benzene ring substituents is 1. The first-order chi connectivity index (χ1) is 11.4. The molecule has 1 amide bonds. The molecule has 0 saturated carbocycles. The van der Waals surface area contributed by atoms with Gasteiger partial charge < -0.3 is 14.5 Å². The zero-order valence-corrected chi connectivity index (χ0v) is 13.7. The normalized spacial score (nSPS) is 12.0. The number of ether oxygens (including phenoxy) is 1. The second-order valence-corrected chi connectivity index (χ2v) is 5.30. The van der Waals surface area contributed by atoms with E-state index in [1.807, 2.05) is 11.0 Å². The van der Waals surface area contributed by atoms with E-state index in [4.69, 9.17) is 9.15 Å². The molecule has 1 atom stereocenters. The number of benzene rings is 1. The Kier molecular flexibility index (Phi) is 5.54. The van der Waals surface area contributed by atoms with E-state index in [-0.39, 0.29) is 17.3 Å². The van der Waals surface area contributed by atoms with Gasteiger partial charge in [0.05, 0.1) is 42.6 Å². The van der Waals surface area contributed by atoms with Gasteiger partial charge >= 0.3 is 0 Å². The number of hydrogen-bond acceptors (Lipinski definition) is 6. The first-order valence-corrected chi connectivity index (χ1v) is 7.28. The molecule has 0 saturated heterocycles. The van der Waals surface area contributed by atoms with Crippen LogP contribution in [0.5, 0.6) is 5.75 Å². The highest BCUT2D eigenvalue weighted by molar-refractivity contribution is 5.96. The Morgan fingerprint density at radius 3 is 2.79 bits per heavy atom. The highest BCUT2D eigenvalue weighted by atomic mass is 16.6. The average molecular weight is 333 g/mol. The van der Waals surface area contributed by atoms with Crippen LogP contribution in [0, 0.1) is 10.1 Å². The molecule has 8 nitrogen and oxygen atoms in total. The van der Waals surface area contributed by atoms with E-state index in [1.165, 1.54) is 25.3 Å². The number of amides is 1. The molecule has 1 aromatic heterocycles. The van der Waals surface area contributed by atoms with E-state index in [9.17, 15) is 14.9 Å². The third kappa shape index (κ3) is 4.11. The highest BCUT2D eigenvalue weighted by Crippen LogP contribution is 2.29. The number of anilines is 1. The van der Waals surface area contributed by atoms with E-state index in [1.54, 1.807) is 26.3 Å². The number of likely N-dealkylation sites (N-methyl/N-ethyl adjacent to an activating group) is 1. The second kappa shape index (κ2) is 7.60. The van der Waals surface area contributed by atoms with Gasteiger partial charge in [-0.15, -0.1) is 0 Å². The number of rotatable bonds is 7. The molecule has 0 radical (unpaired) electrons. The number of hydrogen-bond donors (Lipinski definition) is 1. The number of carbonyl (C=O) groups is 1. The third-order valence-corrected chi connectivity index (χ3v) is 3.68. The molecule has 0 spiro atoms. The van der Waals surface area contributed by atoms with Crippen LogP contribution in [0.1, 0.15) is 12.7 Å². The maximum Gasteiger partial charge on any atom is 0.273 e. The van der Waals surface area contributed by atoms with Gasteiger partial charge in [0.2, 0.25) is 5.91 Å². The van der Waals surface area contributed by atoms with E-state index >= 15 is 0 Å². The van der Waals surface area contributed by atoms with Gasteiger partial charge in [-0.2, -0.15) is 0 Å². The molecule has 1 heterocycles. The van der Waals surface area contributed by atoms with Gasteiger partial charge in [0.15, 0.2) is 0 Å². The minimum Gasteiger partial charge on any atom is -0.494 e. The Balaban J connectivity index is 2.06. The molecule has 128 valence electrons. The lowest BCUT2D eigenvalue weighted by Crippen LogP contribution is -2.39. The first-order valence-electron chi connectivity index (χ1n) is 7.28. The highest BCUT2D eigenvalue weighted by Gasteiger charge is 2.21. The van der Waals surface area contributed by atoms with Gasteiger partial charge in [0.1, 0.15) is 11.5 Å². The van der Waals surface area contributed by atoms with Crippen LogP contribution in [0.2, 0.25) is 0 Å². The van der Waals surface area contributed by atoms with Crippen molar-refractivity contribution in [3.63, 3.8) is 0 Å². The van der Waals surface area contributed by atoms with Crippen LogP contribution >= 0.6 is 0 Å². The van der Waals surface area contributed by atoms with Crippen molar-refractivity contribution in [3.05, 3.63) is 52.5 Å². The number of furan rings is 1. The summed E-state index contributed by atoms with van der Waals surface area (Å²) in [7, 11) is 3.20. The van der Waals surface area contributed by atoms with Crippen LogP contribution < -0.4 is 10.1 Å². The standard InChI is InChI=1S/C16H19N3O5/c1-11(18(2)10-13-5-4-8-24-13)16(20)17-14-7-6-12(19(21)22)9-15(14)23-3/h4-9,11H,10H2,1-3H3,(H,17,20)/t11-/m1/s1. The quantitative estimate of drug-likeness (QED) is 0.618. The fraction of sp³-hybridized carbons (Fsp3) is 0.312. The van der Waals surface area contributed by atoms with E-state index in [0.29, 0.717) is 12.2 Å². The summed E-state index contributed by atoms with van der Waals surface area (Å²) in [5.41, 5.74) is 0.277. The minimum atomic E-state index is -0.520. The van der Waals surface area contributed by atoms with Crippen LogP contribution in [0.15, 0.2) is 41.0 Å². The lowest BCUT2D eigenvalue weighted by atomic mass is 10.2. The molecule has 8 heteroatoms. The molecule has 0 bridgehead atoms. The maximum atomic E-state index is 12.4. The molecule has 1 N–H and O–H groups in total. The monoisotopic (exact) mass is 333 g/mol. The van der Waals surface area contributed by atoms with Gasteiger partial charge in [-0.05, 0) is 32.2 Å². The molecular formula is C16H19N3O5. The lowest BCUT2D eigenvalue weighted by Gasteiger charge is -2.23. The first kappa shape index (κ1) is 17.5. The largest absolute Gasteiger partial charge is 0.494 e. The van der Waals surface area contributed by atoms with Gasteiger partial charge in [-0.25, -0.2) is 0 Å². The van der Waals surface area contributed by atoms with Crippen molar-refractivity contribution in [2.45, 2.75) is 19.5 Å². The molecule has 1 aromatic carbocycles. The van der Waals surface area contributed by atoms with Gasteiger partial charge in [0.25, 0.3) is 5.69 Å². The molecule has 0 fully saturated rings. The summed E-state index contributed by atoms with van der Waals surface area (Å²) in [5.74, 6) is 0.736. The molecule has 0 aliphatic rings. The SMILES string of the molecule is COc1cc([N+](=O)[O-])ccc1NC(=O)[C@@H](C)N(C)Cc1ccco1. The smallest absolute Gasteiger partial charge is 0.273 e. The van der Waals surface area contributed by atoms with Crippen molar-refractivity contribution in [2.75, 3.05) is 19.5 Å². The summed E-state index contributed by atoms with van der Waals surface area (Å²) in [6, 6.07) is 7.22. The van der Waals surface area contributed by atoms with Crippen molar-refractivity contribution >= 4 is 17.3 Å². The van der Waals surface area contributed by atoms with Gasteiger partial charge in [-0.1, -0.05) is 0 Å². The Morgan fingerprint density at radius 2 is 2.21 bits per heavy atom. The second-order valence-electron chi connectivity index (χ2n) is 5.30. The summed E-state index contributed by atoms with van der Waals surface area (Å²) >= 11 is 0. The van der Waals surface area contributed by atoms with Crippen LogP contribution in [-0.4, -0.2) is 35.9 Å². The fourth-order valence-electron chi connectivity index (χ4n) is 2.12. The molecule has 0 aliphatic heterocycles. The summed E-state index contributed by atoms with van der Waals surface area (Å²) in [6.07, 6.45) is 1.58. The van der Waals surface area contributed by atoms with Crippen molar-refractivity contribution in [1.29, 1.82) is 0 Å². The van der Waals surface area contributed by atoms with Crippen molar-refractivity contribution in [2.24, 2.45) is 0 Å². The van der Waals surface area contributed by atoms with E-state index in [2.05, 4.69) is 5.32 Å². The summed E-state index contributed by atoms with van der Waals surface area (Å²) in [5, 5.41) is 13.5. The molecule has 2 rings (SSSR count). The van der Waals surface area contributed by atoms with E-state index in [0.717, 1.165) is 5.76 Å². The molecular weight excluding hydrogens is 314 g/mol. The topological polar surface area (TPSA) is 97.8 Å². The predicted octanol–water partition coefficient (Wildman–Crippen LogP) is 2.66. The van der Waals surface area contributed by atoms with Crippen molar-refractivity contribution in [3.8, 4) is 5.75 Å². The number of nitrogens with zero attached hydrogens (tertiary/aromatic N) is 2. The van der Waals surface area contributed by atoms with Crippen LogP contribution in [0.25, 0.3) is 0 Å². The number of nitrogens with one attached hydrogen (secondary N) is 1. The van der Waals surface area contributed by atoms with Crippen molar-refractivity contribution < 1.29 is 18.9 Å². The Morgan fingerprint density at radius 1 is 1.46 bits per heavy atom. The Labute approximate surface area is 139 Å². The van der Waals surface area contributed by atoms with Crippen molar-refractivity contribution in [1.82, 2.24) is 4.90 Å². The fourth-order valence-corrected chi connectivity index (χ4v) is 2.12. The maximum absolute atomic E-state index is 12.4. The number of nitro groups is 1. The zero-order valence-electron chi connectivity index (χ0n) is 13.7. The summed E-state index contributed by atoms with van der Waals surface area (Å²) in [4.78, 5) is 24.5. The lowest BCUT2D eigenvalue weighted by molar-refractivity contribution is -0.384. The summed E-state index contributed by atoms with van der Waals surface area (Å²) < 4.78 is 10.4. The Hall–Kier alpha value is -2.87. The van der Waals surface area contributed by atoms with Crippen LogP contribution in [0.4, 0.5) is 11.4 Å².